The first kappa shape index (κ1) is 20.1. The van der Waals surface area contributed by atoms with Crippen LogP contribution in [-0.4, -0.2) is 30.5 Å². The number of rotatable bonds is 8. The molecular weight excluding hydrogens is 366 g/mol. The van der Waals surface area contributed by atoms with E-state index in [-0.39, 0.29) is 11.8 Å². The van der Waals surface area contributed by atoms with Crippen LogP contribution in [0.1, 0.15) is 31.8 Å². The van der Waals surface area contributed by atoms with Crippen molar-refractivity contribution in [3.8, 4) is 5.75 Å². The number of nitrogens with one attached hydrogen (secondary N) is 2. The van der Waals surface area contributed by atoms with Crippen molar-refractivity contribution in [3.05, 3.63) is 95.3 Å². The lowest BCUT2D eigenvalue weighted by molar-refractivity contribution is 0.0940. The van der Waals surface area contributed by atoms with Gasteiger partial charge in [0.05, 0.1) is 7.11 Å². The zero-order valence-corrected chi connectivity index (χ0v) is 16.2. The molecule has 0 aliphatic rings. The first-order valence-corrected chi connectivity index (χ1v) is 9.34. The normalized spacial score (nSPS) is 10.2. The van der Waals surface area contributed by atoms with Crippen LogP contribution in [0, 0.1) is 0 Å². The van der Waals surface area contributed by atoms with Crippen LogP contribution in [0.25, 0.3) is 0 Å². The Morgan fingerprint density at radius 3 is 2.14 bits per heavy atom. The molecule has 6 heteroatoms. The summed E-state index contributed by atoms with van der Waals surface area (Å²) < 4.78 is 5.32. The number of methoxy groups -OCH3 is 1. The van der Waals surface area contributed by atoms with Crippen LogP contribution < -0.4 is 15.4 Å². The Bertz CT molecular complexity index is 957. The number of pyridine rings is 1. The number of aromatic nitrogens is 1. The van der Waals surface area contributed by atoms with Crippen LogP contribution in [0.3, 0.4) is 0 Å². The lowest BCUT2D eigenvalue weighted by Crippen LogP contribution is -2.26. The van der Waals surface area contributed by atoms with Crippen LogP contribution in [0.5, 0.6) is 5.75 Å². The topological polar surface area (TPSA) is 80.3 Å². The summed E-state index contributed by atoms with van der Waals surface area (Å²) in [6, 6.07) is 18.0. The fourth-order valence-corrected chi connectivity index (χ4v) is 2.88. The average Bonchev–Trinajstić information content (AvgIpc) is 2.78. The first-order chi connectivity index (χ1) is 14.2. The molecule has 0 saturated carbocycles. The van der Waals surface area contributed by atoms with E-state index in [0.29, 0.717) is 30.6 Å². The van der Waals surface area contributed by atoms with Crippen molar-refractivity contribution in [2.75, 3.05) is 13.7 Å². The number of amides is 2. The van der Waals surface area contributed by atoms with Gasteiger partial charge in [-0.25, -0.2) is 0 Å². The molecule has 0 atom stereocenters. The summed E-state index contributed by atoms with van der Waals surface area (Å²) in [4.78, 5) is 28.5. The third kappa shape index (κ3) is 5.65. The van der Waals surface area contributed by atoms with Crippen LogP contribution in [0.15, 0.2) is 73.1 Å². The van der Waals surface area contributed by atoms with Gasteiger partial charge in [-0.3, -0.25) is 14.6 Å². The molecule has 0 bridgehead atoms. The third-order valence-corrected chi connectivity index (χ3v) is 4.48. The smallest absolute Gasteiger partial charge is 0.251 e. The van der Waals surface area contributed by atoms with E-state index in [9.17, 15) is 9.59 Å². The highest BCUT2D eigenvalue weighted by Gasteiger charge is 2.09. The van der Waals surface area contributed by atoms with Gasteiger partial charge in [-0.05, 0) is 60.0 Å². The fourth-order valence-electron chi connectivity index (χ4n) is 2.88. The van der Waals surface area contributed by atoms with E-state index in [1.54, 1.807) is 43.8 Å². The molecule has 2 amide bonds. The number of benzene rings is 2. The zero-order chi connectivity index (χ0) is 20.5. The molecule has 1 heterocycles. The monoisotopic (exact) mass is 389 g/mol. The Kier molecular flexibility index (Phi) is 6.95. The van der Waals surface area contributed by atoms with Crippen molar-refractivity contribution >= 4 is 11.8 Å². The number of carbonyl (C=O) groups excluding carboxylic acids is 2. The van der Waals surface area contributed by atoms with Gasteiger partial charge >= 0.3 is 0 Å². The largest absolute Gasteiger partial charge is 0.496 e. The van der Waals surface area contributed by atoms with Gasteiger partial charge in [0.2, 0.25) is 0 Å². The van der Waals surface area contributed by atoms with Gasteiger partial charge < -0.3 is 15.4 Å². The number of ether oxygens (including phenoxy) is 1. The third-order valence-electron chi connectivity index (χ3n) is 4.48. The number of nitrogens with zero attached hydrogens (tertiary/aromatic N) is 1. The summed E-state index contributed by atoms with van der Waals surface area (Å²) in [7, 11) is 1.63. The van der Waals surface area contributed by atoms with Crippen molar-refractivity contribution < 1.29 is 14.3 Å². The van der Waals surface area contributed by atoms with E-state index in [4.69, 9.17) is 4.74 Å². The number of para-hydroxylation sites is 1. The number of carbonyl (C=O) groups is 2. The van der Waals surface area contributed by atoms with Crippen molar-refractivity contribution in [2.24, 2.45) is 0 Å². The molecule has 0 radical (unpaired) electrons. The van der Waals surface area contributed by atoms with Crippen LogP contribution in [-0.2, 0) is 13.0 Å². The maximum absolute atomic E-state index is 12.3. The van der Waals surface area contributed by atoms with Crippen LogP contribution in [0.2, 0.25) is 0 Å². The summed E-state index contributed by atoms with van der Waals surface area (Å²) in [6.07, 6.45) is 4.04. The highest BCUT2D eigenvalue weighted by Crippen LogP contribution is 2.17. The van der Waals surface area contributed by atoms with E-state index in [0.717, 1.165) is 16.9 Å². The minimum Gasteiger partial charge on any atom is -0.496 e. The second-order valence-electron chi connectivity index (χ2n) is 6.43. The second-order valence-corrected chi connectivity index (χ2v) is 6.43. The van der Waals surface area contributed by atoms with E-state index in [2.05, 4.69) is 15.6 Å². The quantitative estimate of drug-likeness (QED) is 0.621. The summed E-state index contributed by atoms with van der Waals surface area (Å²) in [5.41, 5.74) is 3.02. The van der Waals surface area contributed by atoms with Crippen LogP contribution >= 0.6 is 0 Å². The fraction of sp³-hybridized carbons (Fsp3) is 0.174. The van der Waals surface area contributed by atoms with Gasteiger partial charge in [0, 0.05) is 36.6 Å². The van der Waals surface area contributed by atoms with Crippen molar-refractivity contribution in [1.29, 1.82) is 0 Å². The molecule has 148 valence electrons. The molecule has 1 aromatic heterocycles. The van der Waals surface area contributed by atoms with E-state index in [1.807, 2.05) is 36.4 Å². The molecule has 0 saturated heterocycles. The molecule has 0 spiro atoms. The number of hydrogen-bond acceptors (Lipinski definition) is 4. The molecule has 2 N–H and O–H groups in total. The maximum Gasteiger partial charge on any atom is 0.251 e. The average molecular weight is 389 g/mol. The van der Waals surface area contributed by atoms with Crippen molar-refractivity contribution in [1.82, 2.24) is 15.6 Å². The molecule has 0 aliphatic heterocycles. The summed E-state index contributed by atoms with van der Waals surface area (Å²) in [5.74, 6) is 0.442. The summed E-state index contributed by atoms with van der Waals surface area (Å²) in [6.45, 7) is 0.917. The second kappa shape index (κ2) is 10.0. The Morgan fingerprint density at radius 1 is 0.862 bits per heavy atom. The molecule has 29 heavy (non-hydrogen) atoms. The van der Waals surface area contributed by atoms with Gasteiger partial charge in [-0.1, -0.05) is 18.2 Å². The Balaban J connectivity index is 1.50. The molecule has 0 fully saturated rings. The maximum atomic E-state index is 12.3. The predicted molar refractivity (Wildman–Crippen MR) is 111 cm³/mol. The lowest BCUT2D eigenvalue weighted by atomic mass is 10.1. The molecule has 3 aromatic rings. The summed E-state index contributed by atoms with van der Waals surface area (Å²) in [5, 5.41) is 5.74. The van der Waals surface area contributed by atoms with Gasteiger partial charge in [-0.15, -0.1) is 0 Å². The molecule has 0 unspecified atom stereocenters. The van der Waals surface area contributed by atoms with E-state index >= 15 is 0 Å². The van der Waals surface area contributed by atoms with Gasteiger partial charge in [0.15, 0.2) is 0 Å². The van der Waals surface area contributed by atoms with Gasteiger partial charge in [-0.2, -0.15) is 0 Å². The molecule has 3 rings (SSSR count). The molecule has 6 nitrogen and oxygen atoms in total. The lowest BCUT2D eigenvalue weighted by Gasteiger charge is -2.09. The van der Waals surface area contributed by atoms with Crippen molar-refractivity contribution in [2.45, 2.75) is 13.0 Å². The predicted octanol–water partition coefficient (Wildman–Crippen LogP) is 2.99. The SMILES string of the molecule is COc1ccccc1CCNC(=O)c1ccc(C(=O)NCc2ccncc2)cc1. The first-order valence-electron chi connectivity index (χ1n) is 9.34. The Labute approximate surface area is 169 Å². The van der Waals surface area contributed by atoms with Gasteiger partial charge in [0.25, 0.3) is 11.8 Å². The standard InChI is InChI=1S/C23H23N3O3/c1-29-21-5-3-2-4-18(21)12-15-25-22(27)19-6-8-20(9-7-19)23(28)26-16-17-10-13-24-14-11-17/h2-11,13-14H,12,15-16H2,1H3,(H,25,27)(H,26,28). The minimum absolute atomic E-state index is 0.177. The highest BCUT2D eigenvalue weighted by atomic mass is 16.5. The van der Waals surface area contributed by atoms with Crippen LogP contribution in [0.4, 0.5) is 0 Å². The number of hydrogen-bond donors (Lipinski definition) is 2. The van der Waals surface area contributed by atoms with Gasteiger partial charge in [0.1, 0.15) is 5.75 Å². The van der Waals surface area contributed by atoms with E-state index < -0.39 is 0 Å². The Morgan fingerprint density at radius 2 is 1.48 bits per heavy atom. The van der Waals surface area contributed by atoms with Crippen molar-refractivity contribution in [3.63, 3.8) is 0 Å². The molecule has 0 aliphatic carbocycles. The zero-order valence-electron chi connectivity index (χ0n) is 16.2. The molecular formula is C23H23N3O3. The highest BCUT2D eigenvalue weighted by molar-refractivity contribution is 5.97. The van der Waals surface area contributed by atoms with E-state index in [1.165, 1.54) is 0 Å². The minimum atomic E-state index is -0.190. The summed E-state index contributed by atoms with van der Waals surface area (Å²) >= 11 is 0. The molecule has 2 aromatic carbocycles. The Hall–Kier alpha value is -3.67.